The molecule has 0 aliphatic carbocycles. The molecule has 0 saturated heterocycles. The van der Waals surface area contributed by atoms with Gasteiger partial charge in [0.2, 0.25) is 0 Å². The van der Waals surface area contributed by atoms with Gasteiger partial charge in [-0.2, -0.15) is 0 Å². The lowest BCUT2D eigenvalue weighted by atomic mass is 9.90. The van der Waals surface area contributed by atoms with E-state index in [2.05, 4.69) is 35.5 Å². The molecule has 7 heteroatoms. The summed E-state index contributed by atoms with van der Waals surface area (Å²) >= 11 is 0. The Labute approximate surface area is 186 Å². The van der Waals surface area contributed by atoms with E-state index in [9.17, 15) is 8.42 Å². The smallest absolute Gasteiger partial charge is 0.191 e. The molecule has 1 aliphatic heterocycles. The summed E-state index contributed by atoms with van der Waals surface area (Å²) in [5.74, 6) is 1.78. The fourth-order valence-corrected chi connectivity index (χ4v) is 5.21. The summed E-state index contributed by atoms with van der Waals surface area (Å²) in [5, 5.41) is 6.79. The van der Waals surface area contributed by atoms with Crippen LogP contribution < -0.4 is 15.4 Å². The van der Waals surface area contributed by atoms with Gasteiger partial charge in [-0.25, -0.2) is 8.42 Å². The maximum atomic E-state index is 12.4. The molecule has 2 aromatic rings. The Hall–Kier alpha value is -2.54. The van der Waals surface area contributed by atoms with Crippen LogP contribution in [0.5, 0.6) is 5.75 Å². The predicted octanol–water partition coefficient (Wildman–Crippen LogP) is 3.85. The lowest BCUT2D eigenvalue weighted by molar-refractivity contribution is 0.0694. The van der Waals surface area contributed by atoms with E-state index in [-0.39, 0.29) is 23.1 Å². The Balaban J connectivity index is 1.60. The molecular formula is C24H33N3O3S. The Morgan fingerprint density at radius 3 is 2.58 bits per heavy atom. The van der Waals surface area contributed by atoms with Crippen molar-refractivity contribution in [2.45, 2.75) is 51.0 Å². The van der Waals surface area contributed by atoms with Crippen molar-refractivity contribution in [2.24, 2.45) is 4.99 Å². The number of ether oxygens (including phenoxy) is 1. The highest BCUT2D eigenvalue weighted by atomic mass is 32.2. The van der Waals surface area contributed by atoms with Crippen molar-refractivity contribution in [2.75, 3.05) is 18.8 Å². The number of benzene rings is 2. The van der Waals surface area contributed by atoms with Crippen molar-refractivity contribution in [3.63, 3.8) is 0 Å². The lowest BCUT2D eigenvalue weighted by Gasteiger charge is -2.38. The molecular weight excluding hydrogens is 410 g/mol. The topological polar surface area (TPSA) is 79.8 Å². The van der Waals surface area contributed by atoms with Crippen LogP contribution in [0.25, 0.3) is 0 Å². The van der Waals surface area contributed by atoms with Crippen LogP contribution in [-0.4, -0.2) is 38.8 Å². The molecule has 0 amide bonds. The van der Waals surface area contributed by atoms with Crippen molar-refractivity contribution < 1.29 is 13.2 Å². The Kier molecular flexibility index (Phi) is 7.59. The van der Waals surface area contributed by atoms with E-state index in [4.69, 9.17) is 4.74 Å². The van der Waals surface area contributed by atoms with Crippen LogP contribution in [0.15, 0.2) is 59.6 Å². The maximum absolute atomic E-state index is 12.4. The molecule has 6 nitrogen and oxygen atoms in total. The maximum Gasteiger partial charge on any atom is 0.191 e. The van der Waals surface area contributed by atoms with Crippen LogP contribution >= 0.6 is 0 Å². The molecule has 3 rings (SSSR count). The third kappa shape index (κ3) is 6.99. The molecule has 0 fully saturated rings. The molecule has 168 valence electrons. The van der Waals surface area contributed by atoms with Crippen LogP contribution in [0.3, 0.4) is 0 Å². The minimum atomic E-state index is -3.15. The van der Waals surface area contributed by atoms with E-state index >= 15 is 0 Å². The highest BCUT2D eigenvalue weighted by Gasteiger charge is 2.33. The number of nitrogens with one attached hydrogen (secondary N) is 2. The van der Waals surface area contributed by atoms with Crippen molar-refractivity contribution in [1.29, 1.82) is 0 Å². The van der Waals surface area contributed by atoms with Gasteiger partial charge in [0.05, 0.1) is 17.5 Å². The normalized spacial score (nSPS) is 18.0. The summed E-state index contributed by atoms with van der Waals surface area (Å²) in [6.45, 7) is 7.35. The molecule has 1 unspecified atom stereocenters. The zero-order valence-electron chi connectivity index (χ0n) is 18.6. The first-order chi connectivity index (χ1) is 14.8. The molecule has 0 spiro atoms. The summed E-state index contributed by atoms with van der Waals surface area (Å²) in [6, 6.07) is 17.4. The van der Waals surface area contributed by atoms with Gasteiger partial charge in [0, 0.05) is 25.1 Å². The van der Waals surface area contributed by atoms with Gasteiger partial charge in [-0.15, -0.1) is 0 Å². The van der Waals surface area contributed by atoms with Gasteiger partial charge < -0.3 is 15.4 Å². The second-order valence-electron chi connectivity index (χ2n) is 8.49. The van der Waals surface area contributed by atoms with Gasteiger partial charge in [0.1, 0.15) is 11.4 Å². The molecule has 1 heterocycles. The largest absolute Gasteiger partial charge is 0.487 e. The number of hydrogen-bond acceptors (Lipinski definition) is 4. The van der Waals surface area contributed by atoms with Crippen LogP contribution in [0, 0.1) is 0 Å². The molecule has 2 aromatic carbocycles. The number of para-hydroxylation sites is 1. The highest BCUT2D eigenvalue weighted by molar-refractivity contribution is 7.90. The second-order valence-corrected chi connectivity index (χ2v) is 10.7. The molecule has 2 N–H and O–H groups in total. The van der Waals surface area contributed by atoms with Gasteiger partial charge >= 0.3 is 0 Å². The third-order valence-electron chi connectivity index (χ3n) is 5.14. The monoisotopic (exact) mass is 443 g/mol. The van der Waals surface area contributed by atoms with E-state index in [1.807, 2.05) is 55.5 Å². The first kappa shape index (κ1) is 23.1. The van der Waals surface area contributed by atoms with Gasteiger partial charge in [-0.1, -0.05) is 48.5 Å². The van der Waals surface area contributed by atoms with E-state index in [0.29, 0.717) is 18.9 Å². The van der Waals surface area contributed by atoms with Gasteiger partial charge in [0.25, 0.3) is 0 Å². The standard InChI is InChI=1S/C24H33N3O3S/c1-4-25-23(26-15-10-16-31(28,29)18-19-11-6-5-7-12-19)27-21-17-24(2,3)30-22-14-9-8-13-20(21)22/h5-9,11-14,21H,4,10,15-18H2,1-3H3,(H2,25,26,27). The molecule has 1 atom stereocenters. The molecule has 0 bridgehead atoms. The number of hydrogen-bond donors (Lipinski definition) is 2. The quantitative estimate of drug-likeness (QED) is 0.368. The summed E-state index contributed by atoms with van der Waals surface area (Å²) in [7, 11) is -3.15. The zero-order valence-corrected chi connectivity index (χ0v) is 19.4. The molecule has 31 heavy (non-hydrogen) atoms. The number of guanidine groups is 1. The van der Waals surface area contributed by atoms with Gasteiger partial charge in [-0.3, -0.25) is 4.99 Å². The van der Waals surface area contributed by atoms with E-state index < -0.39 is 9.84 Å². The fraction of sp³-hybridized carbons (Fsp3) is 0.458. The molecule has 1 aliphatic rings. The van der Waals surface area contributed by atoms with Crippen LogP contribution in [0.2, 0.25) is 0 Å². The van der Waals surface area contributed by atoms with Gasteiger partial charge in [0.15, 0.2) is 15.8 Å². The van der Waals surface area contributed by atoms with Crippen molar-refractivity contribution in [1.82, 2.24) is 10.6 Å². The van der Waals surface area contributed by atoms with E-state index in [1.165, 1.54) is 0 Å². The van der Waals surface area contributed by atoms with E-state index in [0.717, 1.165) is 29.8 Å². The Morgan fingerprint density at radius 2 is 1.84 bits per heavy atom. The van der Waals surface area contributed by atoms with Crippen molar-refractivity contribution >= 4 is 15.8 Å². The average Bonchev–Trinajstić information content (AvgIpc) is 2.71. The third-order valence-corrected chi connectivity index (χ3v) is 6.83. The van der Waals surface area contributed by atoms with Crippen LogP contribution in [0.1, 0.15) is 50.8 Å². The minimum Gasteiger partial charge on any atom is -0.487 e. The minimum absolute atomic E-state index is 0.0690. The van der Waals surface area contributed by atoms with Crippen molar-refractivity contribution in [3.8, 4) is 5.75 Å². The number of fused-ring (bicyclic) bond motifs is 1. The highest BCUT2D eigenvalue weighted by Crippen LogP contribution is 2.39. The molecule has 0 aromatic heterocycles. The van der Waals surface area contributed by atoms with Crippen LogP contribution in [-0.2, 0) is 15.6 Å². The number of rotatable bonds is 8. The Bertz CT molecular complexity index is 988. The summed E-state index contributed by atoms with van der Waals surface area (Å²) in [6.07, 6.45) is 1.29. The summed E-state index contributed by atoms with van der Waals surface area (Å²) in [4.78, 5) is 4.63. The van der Waals surface area contributed by atoms with Crippen molar-refractivity contribution in [3.05, 3.63) is 65.7 Å². The van der Waals surface area contributed by atoms with E-state index in [1.54, 1.807) is 0 Å². The molecule has 0 saturated carbocycles. The first-order valence-electron chi connectivity index (χ1n) is 10.9. The first-order valence-corrected chi connectivity index (χ1v) is 12.7. The number of aliphatic imine (C=N–C) groups is 1. The second kappa shape index (κ2) is 10.2. The SMILES string of the molecule is CCNC(=NCCCS(=O)(=O)Cc1ccccc1)NC1CC(C)(C)Oc2ccccc21. The predicted molar refractivity (Wildman–Crippen MR) is 126 cm³/mol. The Morgan fingerprint density at radius 1 is 1.13 bits per heavy atom. The van der Waals surface area contributed by atoms with Gasteiger partial charge in [-0.05, 0) is 38.8 Å². The summed E-state index contributed by atoms with van der Waals surface area (Å²) < 4.78 is 30.9. The molecule has 0 radical (unpaired) electrons. The average molecular weight is 444 g/mol. The number of nitrogens with zero attached hydrogens (tertiary/aromatic N) is 1. The fourth-order valence-electron chi connectivity index (χ4n) is 3.79. The number of sulfone groups is 1. The van der Waals surface area contributed by atoms with Crippen LogP contribution in [0.4, 0.5) is 0 Å². The lowest BCUT2D eigenvalue weighted by Crippen LogP contribution is -2.45. The summed E-state index contributed by atoms with van der Waals surface area (Å²) in [5.41, 5.74) is 1.65. The zero-order chi connectivity index (χ0) is 22.3.